The molecule has 0 radical (unpaired) electrons. The average Bonchev–Trinajstić information content (AvgIpc) is 2.67. The van der Waals surface area contributed by atoms with Crippen LogP contribution < -0.4 is 5.32 Å². The summed E-state index contributed by atoms with van der Waals surface area (Å²) in [4.78, 5) is 28.3. The van der Waals surface area contributed by atoms with Gasteiger partial charge in [-0.15, -0.1) is 0 Å². The van der Waals surface area contributed by atoms with E-state index in [0.29, 0.717) is 24.7 Å². The van der Waals surface area contributed by atoms with Crippen LogP contribution in [0.25, 0.3) is 0 Å². The molecule has 25 heavy (non-hydrogen) atoms. The Morgan fingerprint density at radius 3 is 2.20 bits per heavy atom. The molecule has 1 N–H and O–H groups in total. The van der Waals surface area contributed by atoms with Crippen molar-refractivity contribution in [3.63, 3.8) is 0 Å². The van der Waals surface area contributed by atoms with E-state index in [4.69, 9.17) is 0 Å². The van der Waals surface area contributed by atoms with Gasteiger partial charge in [0.05, 0.1) is 6.54 Å². The molecule has 1 fully saturated rings. The summed E-state index contributed by atoms with van der Waals surface area (Å²) in [5, 5.41) is 3.17. The lowest BCUT2D eigenvalue weighted by atomic mass is 9.94. The molecule has 1 aliphatic carbocycles. The van der Waals surface area contributed by atoms with Crippen LogP contribution in [0.3, 0.4) is 0 Å². The molecular weight excluding hydrogens is 314 g/mol. The molecule has 2 rings (SSSR count). The summed E-state index contributed by atoms with van der Waals surface area (Å²) in [6, 6.07) is 7.75. The summed E-state index contributed by atoms with van der Waals surface area (Å²) in [5.74, 6) is 0.167. The molecule has 0 heterocycles. The van der Waals surface area contributed by atoms with Gasteiger partial charge in [-0.3, -0.25) is 9.59 Å². The van der Waals surface area contributed by atoms with E-state index in [1.807, 2.05) is 50.1 Å². The van der Waals surface area contributed by atoms with Crippen molar-refractivity contribution in [2.45, 2.75) is 52.0 Å². The van der Waals surface area contributed by atoms with Gasteiger partial charge in [-0.05, 0) is 51.0 Å². The maximum Gasteiger partial charge on any atom is 0.253 e. The molecule has 1 saturated carbocycles. The maximum atomic E-state index is 12.4. The molecule has 0 aliphatic heterocycles. The number of anilines is 1. The molecule has 1 aromatic rings. The molecule has 0 unspecified atom stereocenters. The summed E-state index contributed by atoms with van der Waals surface area (Å²) in [7, 11) is 1.91. The van der Waals surface area contributed by atoms with Gasteiger partial charge in [0.15, 0.2) is 0 Å². The third-order valence-corrected chi connectivity index (χ3v) is 5.14. The van der Waals surface area contributed by atoms with E-state index in [2.05, 4.69) is 5.32 Å². The fourth-order valence-electron chi connectivity index (χ4n) is 3.40. The number of nitrogens with zero attached hydrogens (tertiary/aromatic N) is 2. The van der Waals surface area contributed by atoms with Gasteiger partial charge in [-0.25, -0.2) is 0 Å². The Hall–Kier alpha value is -2.04. The van der Waals surface area contributed by atoms with Crippen LogP contribution in [-0.2, 0) is 4.79 Å². The number of benzene rings is 1. The Morgan fingerprint density at radius 2 is 1.64 bits per heavy atom. The monoisotopic (exact) mass is 345 g/mol. The van der Waals surface area contributed by atoms with E-state index in [1.54, 1.807) is 4.90 Å². The van der Waals surface area contributed by atoms with Crippen LogP contribution in [0.15, 0.2) is 24.3 Å². The number of rotatable bonds is 7. The normalized spacial score (nSPS) is 14.8. The predicted octanol–water partition coefficient (Wildman–Crippen LogP) is 3.37. The summed E-state index contributed by atoms with van der Waals surface area (Å²) in [6.07, 6.45) is 5.96. The quantitative estimate of drug-likeness (QED) is 0.824. The van der Waals surface area contributed by atoms with E-state index in [1.165, 1.54) is 19.3 Å². The molecule has 1 aliphatic rings. The van der Waals surface area contributed by atoms with Crippen molar-refractivity contribution in [1.82, 2.24) is 9.80 Å². The Labute approximate surface area is 151 Å². The summed E-state index contributed by atoms with van der Waals surface area (Å²) < 4.78 is 0. The second-order valence-electron chi connectivity index (χ2n) is 6.70. The van der Waals surface area contributed by atoms with Crippen molar-refractivity contribution in [3.8, 4) is 0 Å². The van der Waals surface area contributed by atoms with Gasteiger partial charge in [-0.1, -0.05) is 19.3 Å². The fourth-order valence-corrected chi connectivity index (χ4v) is 3.40. The first-order valence-corrected chi connectivity index (χ1v) is 9.45. The minimum absolute atomic E-state index is 0.0460. The average molecular weight is 345 g/mol. The molecule has 0 saturated heterocycles. The highest BCUT2D eigenvalue weighted by atomic mass is 16.2. The Balaban J connectivity index is 1.86. The standard InChI is InChI=1S/C20H31N3O2/c1-4-23(5-2)20(25)16-11-13-17(14-12-16)21-15-19(24)22(3)18-9-7-6-8-10-18/h11-14,18,21H,4-10,15H2,1-3H3. The molecule has 1 aromatic carbocycles. The first-order valence-electron chi connectivity index (χ1n) is 9.45. The van der Waals surface area contributed by atoms with Crippen molar-refractivity contribution < 1.29 is 9.59 Å². The number of carbonyl (C=O) groups excluding carboxylic acids is 2. The van der Waals surface area contributed by atoms with Crippen molar-refractivity contribution in [1.29, 1.82) is 0 Å². The molecule has 5 nitrogen and oxygen atoms in total. The summed E-state index contributed by atoms with van der Waals surface area (Å²) in [6.45, 7) is 5.66. The van der Waals surface area contributed by atoms with Crippen LogP contribution in [-0.4, -0.2) is 54.3 Å². The lowest BCUT2D eigenvalue weighted by Crippen LogP contribution is -2.41. The smallest absolute Gasteiger partial charge is 0.253 e. The lowest BCUT2D eigenvalue weighted by molar-refractivity contribution is -0.130. The van der Waals surface area contributed by atoms with E-state index < -0.39 is 0 Å². The largest absolute Gasteiger partial charge is 0.376 e. The van der Waals surface area contributed by atoms with Crippen LogP contribution in [0.5, 0.6) is 0 Å². The molecule has 0 bridgehead atoms. The predicted molar refractivity (Wildman–Crippen MR) is 102 cm³/mol. The van der Waals surface area contributed by atoms with Gasteiger partial charge < -0.3 is 15.1 Å². The highest BCUT2D eigenvalue weighted by Gasteiger charge is 2.21. The minimum Gasteiger partial charge on any atom is -0.376 e. The number of hydrogen-bond acceptors (Lipinski definition) is 3. The summed E-state index contributed by atoms with van der Waals surface area (Å²) >= 11 is 0. The number of hydrogen-bond donors (Lipinski definition) is 1. The molecular formula is C20H31N3O2. The minimum atomic E-state index is 0.0460. The van der Waals surface area contributed by atoms with Crippen LogP contribution in [0, 0.1) is 0 Å². The molecule has 0 spiro atoms. The maximum absolute atomic E-state index is 12.4. The van der Waals surface area contributed by atoms with Gasteiger partial charge in [0.2, 0.25) is 5.91 Å². The second-order valence-corrected chi connectivity index (χ2v) is 6.70. The molecule has 0 atom stereocenters. The topological polar surface area (TPSA) is 52.7 Å². The van der Waals surface area contributed by atoms with Gasteiger partial charge in [0, 0.05) is 37.4 Å². The van der Waals surface area contributed by atoms with Gasteiger partial charge in [0.25, 0.3) is 5.91 Å². The third kappa shape index (κ3) is 5.21. The number of likely N-dealkylation sites (N-methyl/N-ethyl adjacent to an activating group) is 1. The van der Waals surface area contributed by atoms with Crippen LogP contribution >= 0.6 is 0 Å². The highest BCUT2D eigenvalue weighted by Crippen LogP contribution is 2.21. The first kappa shape index (κ1) is 19.3. The van der Waals surface area contributed by atoms with Crippen LogP contribution in [0.1, 0.15) is 56.3 Å². The first-order chi connectivity index (χ1) is 12.1. The van der Waals surface area contributed by atoms with Crippen molar-refractivity contribution in [2.24, 2.45) is 0 Å². The zero-order valence-electron chi connectivity index (χ0n) is 15.8. The molecule has 138 valence electrons. The van der Waals surface area contributed by atoms with Crippen molar-refractivity contribution in [3.05, 3.63) is 29.8 Å². The van der Waals surface area contributed by atoms with Gasteiger partial charge in [0.1, 0.15) is 0 Å². The fraction of sp³-hybridized carbons (Fsp3) is 0.600. The molecule has 2 amide bonds. The SMILES string of the molecule is CCN(CC)C(=O)c1ccc(NCC(=O)N(C)C2CCCCC2)cc1. The third-order valence-electron chi connectivity index (χ3n) is 5.14. The highest BCUT2D eigenvalue weighted by molar-refractivity contribution is 5.94. The zero-order valence-corrected chi connectivity index (χ0v) is 15.8. The van der Waals surface area contributed by atoms with Gasteiger partial charge in [-0.2, -0.15) is 0 Å². The molecule has 5 heteroatoms. The van der Waals surface area contributed by atoms with Gasteiger partial charge >= 0.3 is 0 Å². The number of amides is 2. The Morgan fingerprint density at radius 1 is 1.04 bits per heavy atom. The van der Waals surface area contributed by atoms with Crippen LogP contribution in [0.4, 0.5) is 5.69 Å². The Bertz CT molecular complexity index is 561. The summed E-state index contributed by atoms with van der Waals surface area (Å²) in [5.41, 5.74) is 1.54. The lowest BCUT2D eigenvalue weighted by Gasteiger charge is -2.31. The van der Waals surface area contributed by atoms with E-state index in [0.717, 1.165) is 18.5 Å². The number of nitrogens with one attached hydrogen (secondary N) is 1. The zero-order chi connectivity index (χ0) is 18.2. The second kappa shape index (κ2) is 9.44. The molecule has 0 aromatic heterocycles. The van der Waals surface area contributed by atoms with E-state index in [9.17, 15) is 9.59 Å². The van der Waals surface area contributed by atoms with Crippen molar-refractivity contribution in [2.75, 3.05) is 32.0 Å². The number of carbonyl (C=O) groups is 2. The van der Waals surface area contributed by atoms with E-state index in [-0.39, 0.29) is 18.4 Å². The Kier molecular flexibility index (Phi) is 7.29. The van der Waals surface area contributed by atoms with Crippen LogP contribution in [0.2, 0.25) is 0 Å². The van der Waals surface area contributed by atoms with Crippen molar-refractivity contribution >= 4 is 17.5 Å². The van der Waals surface area contributed by atoms with E-state index >= 15 is 0 Å².